The number of sulfone groups is 1. The van der Waals surface area contributed by atoms with Gasteiger partial charge in [-0.05, 0) is 43.0 Å². The van der Waals surface area contributed by atoms with Gasteiger partial charge in [-0.25, -0.2) is 21.6 Å². The Bertz CT molecular complexity index is 765. The predicted octanol–water partition coefficient (Wildman–Crippen LogP) is 0.784. The number of rotatable bonds is 9. The van der Waals surface area contributed by atoms with E-state index in [1.165, 1.54) is 38.5 Å². The Hall–Kier alpha value is -1.04. The largest absolute Gasteiger partial charge is 0.381 e. The number of hydrogen-bond donors (Lipinski definition) is 1. The zero-order valence-electron chi connectivity index (χ0n) is 14.9. The van der Waals surface area contributed by atoms with Crippen molar-refractivity contribution in [1.82, 2.24) is 4.72 Å². The summed E-state index contributed by atoms with van der Waals surface area (Å²) < 4.78 is 67.0. The molecule has 1 heterocycles. The Morgan fingerprint density at radius 1 is 1.04 bits per heavy atom. The van der Waals surface area contributed by atoms with Crippen molar-refractivity contribution in [2.75, 3.05) is 39.7 Å². The van der Waals surface area contributed by atoms with Crippen LogP contribution in [0.4, 0.5) is 0 Å². The van der Waals surface area contributed by atoms with Crippen LogP contribution < -0.4 is 4.72 Å². The average molecular weight is 408 g/mol. The molecule has 0 saturated carbocycles. The molecular formula is C16H25NO7S2. The van der Waals surface area contributed by atoms with Crippen molar-refractivity contribution < 1.29 is 31.0 Å². The smallest absolute Gasteiger partial charge is 0.240 e. The van der Waals surface area contributed by atoms with Gasteiger partial charge in [0.1, 0.15) is 0 Å². The quantitative estimate of drug-likeness (QED) is 0.603. The van der Waals surface area contributed by atoms with Crippen LogP contribution in [-0.4, -0.2) is 62.9 Å². The lowest BCUT2D eigenvalue weighted by molar-refractivity contribution is -0.0960. The van der Waals surface area contributed by atoms with Gasteiger partial charge in [0.05, 0.1) is 22.1 Å². The maximum atomic E-state index is 12.5. The van der Waals surface area contributed by atoms with E-state index in [0.29, 0.717) is 13.2 Å². The third kappa shape index (κ3) is 5.73. The van der Waals surface area contributed by atoms with E-state index in [-0.39, 0.29) is 28.0 Å². The second-order valence-corrected chi connectivity index (χ2v) is 9.86. The van der Waals surface area contributed by atoms with Gasteiger partial charge in [0.25, 0.3) is 0 Å². The molecule has 8 nitrogen and oxygen atoms in total. The van der Waals surface area contributed by atoms with Crippen LogP contribution in [0.2, 0.25) is 0 Å². The van der Waals surface area contributed by atoms with E-state index in [2.05, 4.69) is 4.72 Å². The molecule has 0 bridgehead atoms. The van der Waals surface area contributed by atoms with Gasteiger partial charge in [0.15, 0.2) is 16.1 Å². The molecule has 0 radical (unpaired) electrons. The standard InChI is InChI=1S/C16H25NO7S2/c1-22-16(23-2)11-17-26(20,21)15-5-3-14(4-6-15)25(18,19)12-13-7-9-24-10-8-13/h3-6,13,16-17H,7-12H2,1-2H3. The Balaban J connectivity index is 2.06. The zero-order chi connectivity index (χ0) is 19.2. The van der Waals surface area contributed by atoms with Crippen molar-refractivity contribution in [2.45, 2.75) is 28.9 Å². The first-order valence-electron chi connectivity index (χ1n) is 8.24. The highest BCUT2D eigenvalue weighted by atomic mass is 32.2. The monoisotopic (exact) mass is 407 g/mol. The molecular weight excluding hydrogens is 382 g/mol. The molecule has 0 unspecified atom stereocenters. The van der Waals surface area contributed by atoms with Crippen LogP contribution in [-0.2, 0) is 34.1 Å². The minimum atomic E-state index is -3.79. The first-order chi connectivity index (χ1) is 12.3. The zero-order valence-corrected chi connectivity index (χ0v) is 16.5. The van der Waals surface area contributed by atoms with Crippen molar-refractivity contribution in [2.24, 2.45) is 5.92 Å². The van der Waals surface area contributed by atoms with E-state index in [9.17, 15) is 16.8 Å². The highest BCUT2D eigenvalue weighted by molar-refractivity contribution is 7.91. The van der Waals surface area contributed by atoms with E-state index in [0.717, 1.165) is 12.8 Å². The van der Waals surface area contributed by atoms with Gasteiger partial charge in [-0.2, -0.15) is 0 Å². The Kier molecular flexibility index (Phi) is 7.56. The fourth-order valence-electron chi connectivity index (χ4n) is 2.67. The summed E-state index contributed by atoms with van der Waals surface area (Å²) in [4.78, 5) is 0.100. The molecule has 0 spiro atoms. The second-order valence-electron chi connectivity index (χ2n) is 6.06. The average Bonchev–Trinajstić information content (AvgIpc) is 2.63. The molecule has 0 aliphatic carbocycles. The van der Waals surface area contributed by atoms with Crippen molar-refractivity contribution in [3.63, 3.8) is 0 Å². The van der Waals surface area contributed by atoms with Crippen molar-refractivity contribution >= 4 is 19.9 Å². The van der Waals surface area contributed by atoms with Gasteiger partial charge < -0.3 is 14.2 Å². The number of sulfonamides is 1. The molecule has 1 N–H and O–H groups in total. The van der Waals surface area contributed by atoms with E-state index in [4.69, 9.17) is 14.2 Å². The van der Waals surface area contributed by atoms with Crippen LogP contribution in [0.25, 0.3) is 0 Å². The van der Waals surface area contributed by atoms with E-state index < -0.39 is 26.2 Å². The molecule has 1 aromatic carbocycles. The maximum absolute atomic E-state index is 12.5. The minimum Gasteiger partial charge on any atom is -0.381 e. The molecule has 1 aromatic rings. The molecule has 148 valence electrons. The summed E-state index contributed by atoms with van der Waals surface area (Å²) in [6.45, 7) is 1.10. The first-order valence-corrected chi connectivity index (χ1v) is 11.4. The third-order valence-corrected chi connectivity index (χ3v) is 7.60. The van der Waals surface area contributed by atoms with Crippen LogP contribution in [0.5, 0.6) is 0 Å². The topological polar surface area (TPSA) is 108 Å². The van der Waals surface area contributed by atoms with Gasteiger partial charge in [0, 0.05) is 27.4 Å². The molecule has 10 heteroatoms. The highest BCUT2D eigenvalue weighted by Crippen LogP contribution is 2.22. The second kappa shape index (κ2) is 9.25. The minimum absolute atomic E-state index is 0.0199. The Morgan fingerprint density at radius 2 is 1.58 bits per heavy atom. The lowest BCUT2D eigenvalue weighted by Crippen LogP contribution is -2.34. The summed E-state index contributed by atoms with van der Waals surface area (Å²) in [7, 11) is -4.45. The van der Waals surface area contributed by atoms with Gasteiger partial charge in [-0.15, -0.1) is 0 Å². The lowest BCUT2D eigenvalue weighted by atomic mass is 10.0. The SMILES string of the molecule is COC(CNS(=O)(=O)c1ccc(S(=O)(=O)CC2CCOCC2)cc1)OC. The van der Waals surface area contributed by atoms with Crippen molar-refractivity contribution in [1.29, 1.82) is 0 Å². The highest BCUT2D eigenvalue weighted by Gasteiger charge is 2.24. The number of hydrogen-bond acceptors (Lipinski definition) is 7. The normalized spacial score (nSPS) is 16.9. The van der Waals surface area contributed by atoms with Gasteiger partial charge in [-0.1, -0.05) is 0 Å². The lowest BCUT2D eigenvalue weighted by Gasteiger charge is -2.21. The number of methoxy groups -OCH3 is 2. The van der Waals surface area contributed by atoms with Crippen LogP contribution in [0.1, 0.15) is 12.8 Å². The van der Waals surface area contributed by atoms with E-state index in [1.54, 1.807) is 0 Å². The first kappa shape index (κ1) is 21.3. The molecule has 1 aliphatic heterocycles. The van der Waals surface area contributed by atoms with E-state index >= 15 is 0 Å². The number of benzene rings is 1. The molecule has 0 atom stereocenters. The molecule has 1 saturated heterocycles. The number of ether oxygens (including phenoxy) is 3. The van der Waals surface area contributed by atoms with Gasteiger partial charge >= 0.3 is 0 Å². The third-order valence-electron chi connectivity index (χ3n) is 4.25. The van der Waals surface area contributed by atoms with E-state index in [1.807, 2.05) is 0 Å². The molecule has 26 heavy (non-hydrogen) atoms. The van der Waals surface area contributed by atoms with Crippen LogP contribution in [0.3, 0.4) is 0 Å². The summed E-state index contributed by atoms with van der Waals surface area (Å²) >= 11 is 0. The summed E-state index contributed by atoms with van der Waals surface area (Å²) in [6, 6.07) is 5.22. The van der Waals surface area contributed by atoms with Crippen molar-refractivity contribution in [3.8, 4) is 0 Å². The fraction of sp³-hybridized carbons (Fsp3) is 0.625. The summed E-state index contributed by atoms with van der Waals surface area (Å²) in [5.41, 5.74) is 0. The maximum Gasteiger partial charge on any atom is 0.240 e. The number of nitrogens with one attached hydrogen (secondary N) is 1. The predicted molar refractivity (Wildman–Crippen MR) is 95.0 cm³/mol. The fourth-order valence-corrected chi connectivity index (χ4v) is 5.38. The Morgan fingerprint density at radius 3 is 2.12 bits per heavy atom. The Labute approximate surface area is 154 Å². The molecule has 2 rings (SSSR count). The van der Waals surface area contributed by atoms with Gasteiger partial charge in [0.2, 0.25) is 10.0 Å². The van der Waals surface area contributed by atoms with Gasteiger partial charge in [-0.3, -0.25) is 0 Å². The summed E-state index contributed by atoms with van der Waals surface area (Å²) in [6.07, 6.45) is 0.731. The molecule has 0 aromatic heterocycles. The van der Waals surface area contributed by atoms with Crippen LogP contribution in [0, 0.1) is 5.92 Å². The summed E-state index contributed by atoms with van der Waals surface area (Å²) in [5, 5.41) is 0. The molecule has 0 amide bonds. The molecule has 1 aliphatic rings. The molecule has 1 fully saturated rings. The van der Waals surface area contributed by atoms with Crippen LogP contribution >= 0.6 is 0 Å². The van der Waals surface area contributed by atoms with Crippen molar-refractivity contribution in [3.05, 3.63) is 24.3 Å². The van der Waals surface area contributed by atoms with Crippen LogP contribution in [0.15, 0.2) is 34.1 Å². The summed E-state index contributed by atoms with van der Waals surface area (Å²) in [5.74, 6) is 0.114.